The minimum absolute atomic E-state index is 0.298. The fourth-order valence-electron chi connectivity index (χ4n) is 0.605. The maximum Gasteiger partial charge on any atom is 0.332 e. The van der Waals surface area contributed by atoms with Gasteiger partial charge in [-0.25, -0.2) is 4.79 Å². The zero-order valence-corrected chi connectivity index (χ0v) is 5.79. The zero-order valence-electron chi connectivity index (χ0n) is 5.79. The summed E-state index contributed by atoms with van der Waals surface area (Å²) >= 11 is 0. The van der Waals surface area contributed by atoms with E-state index < -0.39 is 12.1 Å². The Hall–Kier alpha value is -0.610. The quantitative estimate of drug-likeness (QED) is 0.460. The lowest BCUT2D eigenvalue weighted by Gasteiger charge is -2.02. The molecule has 0 saturated heterocycles. The van der Waals surface area contributed by atoms with Crippen LogP contribution in [0.2, 0.25) is 0 Å². The number of carboxylic acids is 1. The monoisotopic (exact) mass is 147 g/mol. The van der Waals surface area contributed by atoms with Crippen molar-refractivity contribution < 1.29 is 15.0 Å². The van der Waals surface area contributed by atoms with Crippen molar-refractivity contribution >= 4 is 5.97 Å². The summed E-state index contributed by atoms with van der Waals surface area (Å²) < 4.78 is 0. The van der Waals surface area contributed by atoms with Gasteiger partial charge in [-0.05, 0) is 25.8 Å². The van der Waals surface area contributed by atoms with Gasteiger partial charge in [-0.1, -0.05) is 0 Å². The average Bonchev–Trinajstić information content (AvgIpc) is 1.88. The number of aliphatic carboxylic acids is 1. The molecule has 4 heteroatoms. The van der Waals surface area contributed by atoms with E-state index in [0.29, 0.717) is 19.4 Å². The highest BCUT2D eigenvalue weighted by molar-refractivity contribution is 5.71. The van der Waals surface area contributed by atoms with Gasteiger partial charge < -0.3 is 15.9 Å². The highest BCUT2D eigenvalue weighted by Crippen LogP contribution is 1.99. The molecule has 0 aliphatic heterocycles. The van der Waals surface area contributed by atoms with Crippen molar-refractivity contribution in [1.29, 1.82) is 0 Å². The second kappa shape index (κ2) is 5.20. The fourth-order valence-corrected chi connectivity index (χ4v) is 0.605. The van der Waals surface area contributed by atoms with E-state index in [1.54, 1.807) is 0 Å². The average molecular weight is 147 g/mol. The Morgan fingerprint density at radius 3 is 2.50 bits per heavy atom. The minimum atomic E-state index is -1.22. The molecule has 4 N–H and O–H groups in total. The third-order valence-electron chi connectivity index (χ3n) is 1.22. The molecule has 0 radical (unpaired) electrons. The molecule has 0 bridgehead atoms. The topological polar surface area (TPSA) is 83.5 Å². The first kappa shape index (κ1) is 9.39. The fraction of sp³-hybridized carbons (Fsp3) is 0.833. The second-order valence-electron chi connectivity index (χ2n) is 2.14. The molecule has 0 aromatic heterocycles. The van der Waals surface area contributed by atoms with Crippen molar-refractivity contribution in [3.63, 3.8) is 0 Å². The lowest BCUT2D eigenvalue weighted by Crippen LogP contribution is -2.19. The van der Waals surface area contributed by atoms with Gasteiger partial charge in [0.25, 0.3) is 0 Å². The maximum absolute atomic E-state index is 10.0. The van der Waals surface area contributed by atoms with Gasteiger partial charge in [0.05, 0.1) is 0 Å². The van der Waals surface area contributed by atoms with Crippen LogP contribution in [0.4, 0.5) is 0 Å². The van der Waals surface area contributed by atoms with E-state index in [4.69, 9.17) is 15.9 Å². The Morgan fingerprint density at radius 2 is 2.10 bits per heavy atom. The van der Waals surface area contributed by atoms with E-state index in [1.165, 1.54) is 0 Å². The van der Waals surface area contributed by atoms with Crippen LogP contribution in [0.25, 0.3) is 0 Å². The standard InChI is InChI=1S/C6H13NO3/c7-4-2-1-3-5(8)6(9)10/h5,8H,1-4,7H2,(H,9,10)/t5-/m0/s1. The first-order valence-corrected chi connectivity index (χ1v) is 3.29. The van der Waals surface area contributed by atoms with E-state index in [0.717, 1.165) is 6.42 Å². The summed E-state index contributed by atoms with van der Waals surface area (Å²) in [7, 11) is 0. The van der Waals surface area contributed by atoms with Crippen molar-refractivity contribution in [3.05, 3.63) is 0 Å². The van der Waals surface area contributed by atoms with Crippen LogP contribution in [0.3, 0.4) is 0 Å². The van der Waals surface area contributed by atoms with Crippen LogP contribution in [0.1, 0.15) is 19.3 Å². The largest absolute Gasteiger partial charge is 0.479 e. The number of aliphatic hydroxyl groups excluding tert-OH is 1. The third kappa shape index (κ3) is 4.29. The molecule has 0 rings (SSSR count). The Bertz CT molecular complexity index is 105. The van der Waals surface area contributed by atoms with Crippen molar-refractivity contribution in [3.8, 4) is 0 Å². The number of hydrogen-bond donors (Lipinski definition) is 3. The van der Waals surface area contributed by atoms with Crippen LogP contribution in [0.5, 0.6) is 0 Å². The molecule has 0 aromatic carbocycles. The number of aliphatic hydroxyl groups is 1. The van der Waals surface area contributed by atoms with Gasteiger partial charge in [0, 0.05) is 0 Å². The van der Waals surface area contributed by atoms with Crippen LogP contribution in [-0.4, -0.2) is 28.8 Å². The lowest BCUT2D eigenvalue weighted by atomic mass is 10.1. The Morgan fingerprint density at radius 1 is 1.50 bits per heavy atom. The summed E-state index contributed by atoms with van der Waals surface area (Å²) in [5.41, 5.74) is 5.16. The summed E-state index contributed by atoms with van der Waals surface area (Å²) in [6.07, 6.45) is 0.521. The van der Waals surface area contributed by atoms with Crippen molar-refractivity contribution in [2.75, 3.05) is 6.54 Å². The first-order chi connectivity index (χ1) is 4.68. The smallest absolute Gasteiger partial charge is 0.332 e. The minimum Gasteiger partial charge on any atom is -0.479 e. The Kier molecular flexibility index (Phi) is 4.88. The van der Waals surface area contributed by atoms with E-state index in [-0.39, 0.29) is 0 Å². The number of carboxylic acid groups (broad SMARTS) is 1. The van der Waals surface area contributed by atoms with E-state index >= 15 is 0 Å². The predicted octanol–water partition coefficient (Wildman–Crippen LogP) is -0.439. The molecule has 0 aromatic rings. The Labute approximate surface area is 59.7 Å². The van der Waals surface area contributed by atoms with Crippen molar-refractivity contribution in [2.24, 2.45) is 5.73 Å². The number of hydrogen-bond acceptors (Lipinski definition) is 3. The molecule has 0 fully saturated rings. The van der Waals surface area contributed by atoms with Gasteiger partial charge >= 0.3 is 5.97 Å². The summed E-state index contributed by atoms with van der Waals surface area (Å²) in [6.45, 7) is 0.548. The highest BCUT2D eigenvalue weighted by Gasteiger charge is 2.10. The predicted molar refractivity (Wildman–Crippen MR) is 36.5 cm³/mol. The summed E-state index contributed by atoms with van der Waals surface area (Å²) in [4.78, 5) is 10.0. The van der Waals surface area contributed by atoms with E-state index in [2.05, 4.69) is 0 Å². The van der Waals surface area contributed by atoms with Gasteiger partial charge in [-0.2, -0.15) is 0 Å². The molecule has 0 spiro atoms. The lowest BCUT2D eigenvalue weighted by molar-refractivity contribution is -0.146. The third-order valence-corrected chi connectivity index (χ3v) is 1.22. The number of unbranched alkanes of at least 4 members (excludes halogenated alkanes) is 1. The van der Waals surface area contributed by atoms with Crippen molar-refractivity contribution in [1.82, 2.24) is 0 Å². The van der Waals surface area contributed by atoms with Gasteiger partial charge in [0.15, 0.2) is 6.10 Å². The molecule has 0 aliphatic rings. The zero-order chi connectivity index (χ0) is 7.98. The Balaban J connectivity index is 3.21. The summed E-state index contributed by atoms with van der Waals surface area (Å²) in [5.74, 6) is -1.16. The van der Waals surface area contributed by atoms with Gasteiger partial charge in [-0.15, -0.1) is 0 Å². The highest BCUT2D eigenvalue weighted by atomic mass is 16.4. The molecular weight excluding hydrogens is 134 g/mol. The molecule has 0 saturated carbocycles. The van der Waals surface area contributed by atoms with Gasteiger partial charge in [0.2, 0.25) is 0 Å². The second-order valence-corrected chi connectivity index (χ2v) is 2.14. The molecular formula is C6H13NO3. The van der Waals surface area contributed by atoms with E-state index in [9.17, 15) is 4.79 Å². The van der Waals surface area contributed by atoms with Crippen LogP contribution >= 0.6 is 0 Å². The molecule has 0 aliphatic carbocycles. The molecule has 60 valence electrons. The van der Waals surface area contributed by atoms with Gasteiger partial charge in [0.1, 0.15) is 0 Å². The molecule has 10 heavy (non-hydrogen) atoms. The first-order valence-electron chi connectivity index (χ1n) is 3.29. The number of carbonyl (C=O) groups is 1. The molecule has 4 nitrogen and oxygen atoms in total. The van der Waals surface area contributed by atoms with E-state index in [1.807, 2.05) is 0 Å². The summed E-state index contributed by atoms with van der Waals surface area (Å²) in [6, 6.07) is 0. The SMILES string of the molecule is NCCCC[C@H](O)C(=O)O. The maximum atomic E-state index is 10.0. The molecule has 0 unspecified atom stereocenters. The summed E-state index contributed by atoms with van der Waals surface area (Å²) in [5, 5.41) is 16.9. The van der Waals surface area contributed by atoms with Crippen molar-refractivity contribution in [2.45, 2.75) is 25.4 Å². The number of nitrogens with two attached hydrogens (primary N) is 1. The van der Waals surface area contributed by atoms with Crippen LogP contribution < -0.4 is 5.73 Å². The van der Waals surface area contributed by atoms with Crippen LogP contribution in [-0.2, 0) is 4.79 Å². The molecule has 0 amide bonds. The normalized spacial score (nSPS) is 13.0. The van der Waals surface area contributed by atoms with Crippen LogP contribution in [0.15, 0.2) is 0 Å². The molecule has 0 heterocycles. The van der Waals surface area contributed by atoms with Crippen LogP contribution in [0, 0.1) is 0 Å². The van der Waals surface area contributed by atoms with Gasteiger partial charge in [-0.3, -0.25) is 0 Å². The molecule has 1 atom stereocenters. The number of rotatable bonds is 5.